The summed E-state index contributed by atoms with van der Waals surface area (Å²) >= 11 is 0. The van der Waals surface area contributed by atoms with Crippen LogP contribution in [0.15, 0.2) is 88.4 Å². The van der Waals surface area contributed by atoms with Gasteiger partial charge in [-0.3, -0.25) is 14.7 Å². The van der Waals surface area contributed by atoms with Crippen LogP contribution >= 0.6 is 0 Å². The van der Waals surface area contributed by atoms with Gasteiger partial charge in [0.05, 0.1) is 27.4 Å². The molecule has 1 atom stereocenters. The van der Waals surface area contributed by atoms with Crippen LogP contribution in [0, 0.1) is 10.1 Å². The minimum atomic E-state index is -4.07. The van der Waals surface area contributed by atoms with Gasteiger partial charge in [0, 0.05) is 12.1 Å². The maximum Gasteiger partial charge on any atom is 0.273 e. The van der Waals surface area contributed by atoms with E-state index in [1.165, 1.54) is 18.2 Å². The fraction of sp³-hybridized carbons (Fsp3) is 0.0870. The molecule has 0 bridgehead atoms. The Morgan fingerprint density at radius 3 is 2.50 bits per heavy atom. The van der Waals surface area contributed by atoms with Gasteiger partial charge in [-0.25, -0.2) is 18.7 Å². The number of imidazole rings is 1. The Bertz CT molecular complexity index is 1700. The van der Waals surface area contributed by atoms with Crippen LogP contribution < -0.4 is 4.57 Å². The Balaban J connectivity index is 1.80. The molecule has 10 nitrogen and oxygen atoms in total. The zero-order chi connectivity index (χ0) is 23.9. The van der Waals surface area contributed by atoms with Crippen molar-refractivity contribution in [2.45, 2.75) is 18.4 Å². The van der Waals surface area contributed by atoms with Crippen molar-refractivity contribution in [2.75, 3.05) is 0 Å². The third kappa shape index (κ3) is 3.76. The van der Waals surface area contributed by atoms with Crippen molar-refractivity contribution in [3.8, 4) is 5.82 Å². The van der Waals surface area contributed by atoms with E-state index in [1.54, 1.807) is 22.8 Å². The normalized spacial score (nSPS) is 13.1. The molecule has 2 aromatic heterocycles. The van der Waals surface area contributed by atoms with Crippen molar-refractivity contribution in [3.63, 3.8) is 0 Å². The standard InChI is InChI=1S/C23H18N6O4S/c1-2-27-15-28(21-13-6-5-12-20(21)27)23-22(24-18-10-3-4-11-19(18)25-23)26-34(32,33)17-9-7-8-16(14-17)29(30)31/h3-15H,2H2,1H3/p+1. The fourth-order valence-corrected chi connectivity index (χ4v) is 4.72. The number of fused-ring (bicyclic) bond motifs is 2. The lowest BCUT2D eigenvalue weighted by atomic mass is 10.3. The first-order chi connectivity index (χ1) is 16.4. The Morgan fingerprint density at radius 2 is 1.76 bits per heavy atom. The summed E-state index contributed by atoms with van der Waals surface area (Å²) in [5.74, 6) is 0.219. The third-order valence-electron chi connectivity index (χ3n) is 5.35. The van der Waals surface area contributed by atoms with Crippen molar-refractivity contribution < 1.29 is 18.3 Å². The Hall–Kier alpha value is -4.22. The molecule has 0 fully saturated rings. The van der Waals surface area contributed by atoms with Crippen LogP contribution in [0.5, 0.6) is 0 Å². The van der Waals surface area contributed by atoms with Crippen LogP contribution in [0.2, 0.25) is 0 Å². The monoisotopic (exact) mass is 475 g/mol. The average Bonchev–Trinajstić information content (AvgIpc) is 3.22. The molecule has 3 aromatic carbocycles. The number of hydrogen-bond acceptors (Lipinski definition) is 6. The Labute approximate surface area is 194 Å². The van der Waals surface area contributed by atoms with Crippen molar-refractivity contribution in [3.05, 3.63) is 89.2 Å². The van der Waals surface area contributed by atoms with E-state index in [0.29, 0.717) is 17.6 Å². The minimum absolute atomic E-state index is 0.0540. The highest BCUT2D eigenvalue weighted by molar-refractivity contribution is 7.88. The number of nitro groups is 1. The molecule has 0 radical (unpaired) electrons. The van der Waals surface area contributed by atoms with Crippen LogP contribution in [0.25, 0.3) is 27.9 Å². The van der Waals surface area contributed by atoms with Gasteiger partial charge in [-0.15, -0.1) is 4.36 Å². The first kappa shape index (κ1) is 21.6. The summed E-state index contributed by atoms with van der Waals surface area (Å²) in [6.45, 7) is 2.71. The number of benzene rings is 3. The highest BCUT2D eigenvalue weighted by atomic mass is 32.2. The lowest BCUT2D eigenvalue weighted by molar-refractivity contribution is -0.668. The van der Waals surface area contributed by atoms with E-state index in [9.17, 15) is 18.9 Å². The van der Waals surface area contributed by atoms with E-state index in [0.717, 1.165) is 17.1 Å². The van der Waals surface area contributed by atoms with Gasteiger partial charge in [0.15, 0.2) is 21.0 Å². The van der Waals surface area contributed by atoms with Gasteiger partial charge < -0.3 is 0 Å². The van der Waals surface area contributed by atoms with Crippen molar-refractivity contribution >= 4 is 43.6 Å². The molecule has 2 heterocycles. The third-order valence-corrected chi connectivity index (χ3v) is 6.64. The second kappa shape index (κ2) is 8.28. The summed E-state index contributed by atoms with van der Waals surface area (Å²) in [7, 11) is -4.07. The number of aromatic nitrogens is 4. The SMILES string of the molecule is CC[n+]1cn(-c2nc3ccccc3nc2N=S(=O)(O)c2cccc([N+](=O)[O-])c2)c2ccccc21. The minimum Gasteiger partial charge on any atom is -0.296 e. The highest BCUT2D eigenvalue weighted by Gasteiger charge is 2.24. The second-order valence-corrected chi connectivity index (χ2v) is 9.11. The fourth-order valence-electron chi connectivity index (χ4n) is 3.73. The predicted molar refractivity (Wildman–Crippen MR) is 126 cm³/mol. The predicted octanol–water partition coefficient (Wildman–Crippen LogP) is 4.42. The molecular weight excluding hydrogens is 456 g/mol. The zero-order valence-corrected chi connectivity index (χ0v) is 18.8. The molecule has 34 heavy (non-hydrogen) atoms. The Kier molecular flexibility index (Phi) is 5.27. The van der Waals surface area contributed by atoms with Gasteiger partial charge in [0.1, 0.15) is 0 Å². The summed E-state index contributed by atoms with van der Waals surface area (Å²) in [4.78, 5) is 19.6. The van der Waals surface area contributed by atoms with Crippen LogP contribution in [0.4, 0.5) is 11.5 Å². The van der Waals surface area contributed by atoms with Gasteiger partial charge in [-0.1, -0.05) is 30.3 Å². The first-order valence-corrected chi connectivity index (χ1v) is 11.9. The largest absolute Gasteiger partial charge is 0.296 e. The maximum atomic E-state index is 13.3. The summed E-state index contributed by atoms with van der Waals surface area (Å²) in [6.07, 6.45) is 1.84. The molecule has 5 aromatic rings. The van der Waals surface area contributed by atoms with E-state index in [-0.39, 0.29) is 22.2 Å². The van der Waals surface area contributed by atoms with E-state index in [2.05, 4.69) is 9.35 Å². The van der Waals surface area contributed by atoms with Crippen molar-refractivity contribution in [1.29, 1.82) is 0 Å². The number of nitro benzene ring substituents is 1. The summed E-state index contributed by atoms with van der Waals surface area (Å²) in [6, 6.07) is 19.8. The average molecular weight is 476 g/mol. The molecule has 0 saturated heterocycles. The molecule has 0 amide bonds. The van der Waals surface area contributed by atoms with E-state index in [1.807, 2.05) is 48.1 Å². The van der Waals surface area contributed by atoms with Gasteiger partial charge >= 0.3 is 0 Å². The van der Waals surface area contributed by atoms with Crippen LogP contribution in [-0.2, 0) is 16.6 Å². The maximum absolute atomic E-state index is 13.3. The number of non-ortho nitro benzene ring substituents is 1. The molecule has 0 aliphatic carbocycles. The van der Waals surface area contributed by atoms with Gasteiger partial charge in [0.2, 0.25) is 5.82 Å². The molecule has 11 heteroatoms. The Morgan fingerprint density at radius 1 is 1.06 bits per heavy atom. The topological polar surface area (TPSA) is 127 Å². The summed E-state index contributed by atoms with van der Waals surface area (Å²) in [5.41, 5.74) is 2.57. The van der Waals surface area contributed by atoms with Gasteiger partial charge in [-0.2, -0.15) is 4.57 Å². The lowest BCUT2D eigenvalue weighted by Crippen LogP contribution is -2.30. The quantitative estimate of drug-likeness (QED) is 0.228. The molecule has 5 rings (SSSR count). The number of para-hydroxylation sites is 4. The molecule has 1 N–H and O–H groups in total. The second-order valence-electron chi connectivity index (χ2n) is 7.46. The van der Waals surface area contributed by atoms with E-state index < -0.39 is 14.9 Å². The number of rotatable bonds is 5. The number of aryl methyl sites for hydroxylation is 1. The van der Waals surface area contributed by atoms with Crippen LogP contribution in [-0.4, -0.2) is 28.2 Å². The van der Waals surface area contributed by atoms with Crippen molar-refractivity contribution in [1.82, 2.24) is 14.5 Å². The molecule has 0 aliphatic rings. The highest BCUT2D eigenvalue weighted by Crippen LogP contribution is 2.29. The molecule has 0 spiro atoms. The smallest absolute Gasteiger partial charge is 0.273 e. The van der Waals surface area contributed by atoms with Crippen LogP contribution in [0.3, 0.4) is 0 Å². The summed E-state index contributed by atoms with van der Waals surface area (Å²) in [5, 5.41) is 11.2. The van der Waals surface area contributed by atoms with Crippen molar-refractivity contribution in [2.24, 2.45) is 4.36 Å². The van der Waals surface area contributed by atoms with E-state index in [4.69, 9.17) is 4.98 Å². The first-order valence-electron chi connectivity index (χ1n) is 10.4. The van der Waals surface area contributed by atoms with Gasteiger partial charge in [0.25, 0.3) is 17.8 Å². The van der Waals surface area contributed by atoms with Crippen LogP contribution in [0.1, 0.15) is 6.92 Å². The molecule has 0 saturated carbocycles. The summed E-state index contributed by atoms with van der Waals surface area (Å²) < 4.78 is 32.0. The zero-order valence-electron chi connectivity index (χ0n) is 18.0. The molecule has 1 unspecified atom stereocenters. The number of hydrogen-bond donors (Lipinski definition) is 1. The van der Waals surface area contributed by atoms with E-state index >= 15 is 0 Å². The van der Waals surface area contributed by atoms with Gasteiger partial charge in [-0.05, 0) is 37.3 Å². The molecule has 170 valence electrons. The molecule has 0 aliphatic heterocycles. The molecular formula is C23H19N6O4S+. The lowest BCUT2D eigenvalue weighted by Gasteiger charge is -2.06. The number of nitrogens with zero attached hydrogens (tertiary/aromatic N) is 6.